The van der Waals surface area contributed by atoms with Crippen LogP contribution in [-0.2, 0) is 9.84 Å². The molecule has 3 rings (SSSR count). The highest BCUT2D eigenvalue weighted by atomic mass is 32.2. The molecule has 0 aliphatic heterocycles. The Labute approximate surface area is 130 Å². The number of alkyl halides is 3. The highest BCUT2D eigenvalue weighted by molar-refractivity contribution is 7.90. The van der Waals surface area contributed by atoms with Gasteiger partial charge in [-0.2, -0.15) is 8.78 Å². The second-order valence-electron chi connectivity index (χ2n) is 5.97. The molecule has 0 radical (unpaired) electrons. The van der Waals surface area contributed by atoms with Crippen molar-refractivity contribution in [2.45, 2.75) is 48.1 Å². The maximum atomic E-state index is 14.2. The van der Waals surface area contributed by atoms with E-state index in [4.69, 9.17) is 4.74 Å². The van der Waals surface area contributed by atoms with Gasteiger partial charge in [-0.3, -0.25) is 0 Å². The molecule has 2 aliphatic carbocycles. The number of fused-ring (bicyclic) bond motifs is 1. The predicted octanol–water partition coefficient (Wildman–Crippen LogP) is 1.69. The first kappa shape index (κ1) is 16.5. The van der Waals surface area contributed by atoms with E-state index >= 15 is 0 Å². The van der Waals surface area contributed by atoms with Gasteiger partial charge in [-0.05, 0) is 12.1 Å². The first-order valence-corrected chi connectivity index (χ1v) is 8.84. The van der Waals surface area contributed by atoms with Gasteiger partial charge < -0.3 is 14.9 Å². The number of hydrogen-bond acceptors (Lipinski definition) is 5. The zero-order chi connectivity index (χ0) is 17.2. The summed E-state index contributed by atoms with van der Waals surface area (Å²) in [6, 6.07) is 2.14. The third kappa shape index (κ3) is 2.50. The minimum Gasteiger partial charge on any atom is -0.490 e. The van der Waals surface area contributed by atoms with Crippen LogP contribution in [0.1, 0.15) is 36.2 Å². The van der Waals surface area contributed by atoms with Crippen LogP contribution >= 0.6 is 0 Å². The van der Waals surface area contributed by atoms with Crippen molar-refractivity contribution in [1.29, 1.82) is 0 Å². The van der Waals surface area contributed by atoms with Crippen molar-refractivity contribution in [2.24, 2.45) is 0 Å². The summed E-state index contributed by atoms with van der Waals surface area (Å²) in [4.78, 5) is -0.541. The minimum absolute atomic E-state index is 0.229. The molecule has 1 unspecified atom stereocenters. The molecule has 1 aromatic rings. The fourth-order valence-electron chi connectivity index (χ4n) is 2.90. The Morgan fingerprint density at radius 3 is 2.35 bits per heavy atom. The Hall–Kier alpha value is -1.32. The average Bonchev–Trinajstić information content (AvgIpc) is 2.58. The van der Waals surface area contributed by atoms with E-state index in [0.717, 1.165) is 18.4 Å². The van der Waals surface area contributed by atoms with Crippen molar-refractivity contribution < 1.29 is 36.5 Å². The predicted molar refractivity (Wildman–Crippen MR) is 73.0 cm³/mol. The van der Waals surface area contributed by atoms with Crippen molar-refractivity contribution >= 4 is 9.84 Å². The van der Waals surface area contributed by atoms with Gasteiger partial charge in [-0.15, -0.1) is 0 Å². The number of benzene rings is 1. The summed E-state index contributed by atoms with van der Waals surface area (Å²) in [5.41, 5.74) is -1.28. The Morgan fingerprint density at radius 2 is 1.83 bits per heavy atom. The summed E-state index contributed by atoms with van der Waals surface area (Å²) in [7, 11) is -3.94. The molecular formula is C14H15F3O5S. The molecule has 1 saturated carbocycles. The summed E-state index contributed by atoms with van der Waals surface area (Å²) in [6.45, 7) is 0. The van der Waals surface area contributed by atoms with Crippen LogP contribution in [0.5, 0.6) is 5.75 Å². The Morgan fingerprint density at radius 1 is 1.22 bits per heavy atom. The monoisotopic (exact) mass is 352 g/mol. The number of rotatable bonds is 3. The molecule has 9 heteroatoms. The van der Waals surface area contributed by atoms with Crippen molar-refractivity contribution in [3.05, 3.63) is 23.3 Å². The molecule has 0 aromatic heterocycles. The lowest BCUT2D eigenvalue weighted by atomic mass is 9.92. The van der Waals surface area contributed by atoms with Crippen molar-refractivity contribution in [3.8, 4) is 5.75 Å². The average molecular weight is 352 g/mol. The van der Waals surface area contributed by atoms with Gasteiger partial charge in [0.05, 0.1) is 11.0 Å². The lowest BCUT2D eigenvalue weighted by Crippen LogP contribution is -2.37. The van der Waals surface area contributed by atoms with Crippen molar-refractivity contribution in [3.63, 3.8) is 0 Å². The van der Waals surface area contributed by atoms with E-state index in [9.17, 15) is 31.8 Å². The number of halogens is 3. The zero-order valence-electron chi connectivity index (χ0n) is 12.0. The summed E-state index contributed by atoms with van der Waals surface area (Å²) < 4.78 is 70.8. The highest BCUT2D eigenvalue weighted by Gasteiger charge is 2.59. The normalized spacial score (nSPS) is 32.3. The second-order valence-corrected chi connectivity index (χ2v) is 7.95. The van der Waals surface area contributed by atoms with Crippen LogP contribution in [0.2, 0.25) is 0 Å². The van der Waals surface area contributed by atoms with Crippen LogP contribution in [0.3, 0.4) is 0 Å². The summed E-state index contributed by atoms with van der Waals surface area (Å²) in [5, 5.41) is 19.0. The van der Waals surface area contributed by atoms with E-state index < -0.39 is 56.3 Å². The molecule has 0 spiro atoms. The van der Waals surface area contributed by atoms with Crippen molar-refractivity contribution in [2.75, 3.05) is 6.26 Å². The molecule has 0 heterocycles. The lowest BCUT2D eigenvalue weighted by molar-refractivity contribution is -0.144. The Kier molecular flexibility index (Phi) is 3.66. The van der Waals surface area contributed by atoms with E-state index in [1.165, 1.54) is 0 Å². The molecule has 0 amide bonds. The maximum Gasteiger partial charge on any atom is 0.312 e. The first-order valence-electron chi connectivity index (χ1n) is 6.95. The van der Waals surface area contributed by atoms with E-state index in [1.54, 1.807) is 0 Å². The van der Waals surface area contributed by atoms with Gasteiger partial charge in [-0.1, -0.05) is 0 Å². The SMILES string of the molecule is CS(=O)(=O)c1ccc(O[C@H]2C[C@H](O)C2)c2c1[C@H](O)C(F)(F)C2F. The molecule has 0 bridgehead atoms. The van der Waals surface area contributed by atoms with Gasteiger partial charge in [0, 0.05) is 30.2 Å². The molecule has 23 heavy (non-hydrogen) atoms. The van der Waals surface area contributed by atoms with Crippen LogP contribution in [0.15, 0.2) is 17.0 Å². The highest BCUT2D eigenvalue weighted by Crippen LogP contribution is 2.57. The Bertz CT molecular complexity index is 743. The zero-order valence-corrected chi connectivity index (χ0v) is 12.9. The molecule has 2 N–H and O–H groups in total. The smallest absolute Gasteiger partial charge is 0.312 e. The largest absolute Gasteiger partial charge is 0.490 e. The van der Waals surface area contributed by atoms with Crippen LogP contribution < -0.4 is 4.74 Å². The molecule has 1 fully saturated rings. The van der Waals surface area contributed by atoms with Gasteiger partial charge >= 0.3 is 5.92 Å². The lowest BCUT2D eigenvalue weighted by Gasteiger charge is -2.32. The van der Waals surface area contributed by atoms with Crippen LogP contribution in [-0.4, -0.2) is 43.0 Å². The molecule has 1 aromatic carbocycles. The third-order valence-electron chi connectivity index (χ3n) is 4.20. The van der Waals surface area contributed by atoms with Gasteiger partial charge in [0.15, 0.2) is 16.0 Å². The molecule has 0 saturated heterocycles. The summed E-state index contributed by atoms with van der Waals surface area (Å²) in [6.07, 6.45) is -5.10. The number of aliphatic hydroxyl groups is 2. The molecule has 2 atom stereocenters. The fourth-order valence-corrected chi connectivity index (χ4v) is 3.84. The molecule has 128 valence electrons. The molecule has 5 nitrogen and oxygen atoms in total. The minimum atomic E-state index is -4.14. The molecular weight excluding hydrogens is 337 g/mol. The van der Waals surface area contributed by atoms with Gasteiger partial charge in [-0.25, -0.2) is 12.8 Å². The van der Waals surface area contributed by atoms with Gasteiger partial charge in [0.1, 0.15) is 18.0 Å². The van der Waals surface area contributed by atoms with E-state index in [2.05, 4.69) is 0 Å². The van der Waals surface area contributed by atoms with Gasteiger partial charge in [0.25, 0.3) is 0 Å². The number of aliphatic hydroxyl groups excluding tert-OH is 2. The summed E-state index contributed by atoms with van der Waals surface area (Å²) in [5.74, 6) is -4.37. The van der Waals surface area contributed by atoms with Crippen LogP contribution in [0.4, 0.5) is 13.2 Å². The van der Waals surface area contributed by atoms with E-state index in [0.29, 0.717) is 0 Å². The topological polar surface area (TPSA) is 83.8 Å². The second kappa shape index (κ2) is 5.09. The number of hydrogen-bond donors (Lipinski definition) is 2. The number of sulfone groups is 1. The number of ether oxygens (including phenoxy) is 1. The summed E-state index contributed by atoms with van der Waals surface area (Å²) >= 11 is 0. The van der Waals surface area contributed by atoms with E-state index in [1.807, 2.05) is 0 Å². The maximum absolute atomic E-state index is 14.2. The quantitative estimate of drug-likeness (QED) is 0.865. The standard InChI is InChI=1S/C14H15F3O5S/c1-23(20,21)9-3-2-8(22-7-4-6(18)5-7)10-11(9)13(19)14(16,17)12(10)15/h2-3,6-7,12-13,18-19H,4-5H2,1H3/t6-,7-,12?,13-/m0/s1. The fraction of sp³-hybridized carbons (Fsp3) is 0.571. The van der Waals surface area contributed by atoms with Crippen molar-refractivity contribution in [1.82, 2.24) is 0 Å². The Balaban J connectivity index is 2.12. The molecule has 2 aliphatic rings. The first-order chi connectivity index (χ1) is 10.5. The van der Waals surface area contributed by atoms with Gasteiger partial charge in [0.2, 0.25) is 0 Å². The van der Waals surface area contributed by atoms with E-state index in [-0.39, 0.29) is 18.6 Å². The van der Waals surface area contributed by atoms with Crippen LogP contribution in [0, 0.1) is 0 Å². The van der Waals surface area contributed by atoms with Crippen LogP contribution in [0.25, 0.3) is 0 Å². The third-order valence-corrected chi connectivity index (χ3v) is 5.35.